The largest absolute Gasteiger partial charge is 0.492 e. The molecule has 1 saturated carbocycles. The molecule has 2 atom stereocenters. The Labute approximate surface area is 197 Å². The second-order valence-corrected chi connectivity index (χ2v) is 11.3. The third kappa shape index (κ3) is 6.81. The van der Waals surface area contributed by atoms with Crippen LogP contribution >= 0.6 is 0 Å². The zero-order valence-electron chi connectivity index (χ0n) is 19.3. The number of hydrogen-bond acceptors (Lipinski definition) is 5. The maximum Gasteiger partial charge on any atom is 0.264 e. The number of sulfonamides is 1. The highest BCUT2D eigenvalue weighted by Crippen LogP contribution is 2.51. The Morgan fingerprint density at radius 2 is 1.76 bits per heavy atom. The number of carbonyl (C=O) groups is 1. The van der Waals surface area contributed by atoms with E-state index < -0.39 is 15.9 Å². The van der Waals surface area contributed by atoms with Crippen molar-refractivity contribution in [1.29, 1.82) is 0 Å². The summed E-state index contributed by atoms with van der Waals surface area (Å²) in [6.07, 6.45) is 5.25. The van der Waals surface area contributed by atoms with Crippen LogP contribution in [0.2, 0.25) is 0 Å². The van der Waals surface area contributed by atoms with E-state index in [1.54, 1.807) is 24.3 Å². The molecule has 2 aromatic carbocycles. The molecule has 7 heteroatoms. The molecule has 0 unspecified atom stereocenters. The summed E-state index contributed by atoms with van der Waals surface area (Å²) in [7, 11) is -3.56. The van der Waals surface area contributed by atoms with Crippen LogP contribution in [0.5, 0.6) is 5.75 Å². The van der Waals surface area contributed by atoms with Crippen molar-refractivity contribution in [3.8, 4) is 5.75 Å². The fourth-order valence-electron chi connectivity index (χ4n) is 4.76. The van der Waals surface area contributed by atoms with Gasteiger partial charge in [0, 0.05) is 12.1 Å². The number of ether oxygens (including phenoxy) is 1. The first-order chi connectivity index (χ1) is 15.9. The topological polar surface area (TPSA) is 75.7 Å². The highest BCUT2D eigenvalue weighted by atomic mass is 32.2. The molecule has 0 bridgehead atoms. The molecule has 178 valence electrons. The van der Waals surface area contributed by atoms with Gasteiger partial charge in [-0.25, -0.2) is 13.1 Å². The molecule has 2 aromatic rings. The molecular weight excluding hydrogens is 436 g/mol. The highest BCUT2D eigenvalue weighted by molar-refractivity contribution is 7.90. The van der Waals surface area contributed by atoms with E-state index in [4.69, 9.17) is 4.74 Å². The van der Waals surface area contributed by atoms with E-state index in [0.717, 1.165) is 37.4 Å². The first-order valence-corrected chi connectivity index (χ1v) is 13.6. The lowest BCUT2D eigenvalue weighted by molar-refractivity contribution is 0.0981. The predicted molar refractivity (Wildman–Crippen MR) is 130 cm³/mol. The first-order valence-electron chi connectivity index (χ1n) is 12.0. The number of nitrogens with one attached hydrogen (secondary N) is 1. The fourth-order valence-corrected chi connectivity index (χ4v) is 5.30. The average Bonchev–Trinajstić information content (AvgIpc) is 3.60. The fraction of sp³-hybridized carbons (Fsp3) is 0.500. The molecule has 2 fully saturated rings. The zero-order chi connectivity index (χ0) is 23.3. The van der Waals surface area contributed by atoms with Gasteiger partial charge in [-0.2, -0.15) is 0 Å². The van der Waals surface area contributed by atoms with Gasteiger partial charge in [0.05, 0.1) is 5.75 Å². The highest BCUT2D eigenvalue weighted by Gasteiger charge is 2.39. The molecule has 0 radical (unpaired) electrons. The van der Waals surface area contributed by atoms with Gasteiger partial charge < -0.3 is 4.74 Å². The molecule has 6 nitrogen and oxygen atoms in total. The van der Waals surface area contributed by atoms with E-state index in [1.807, 2.05) is 4.72 Å². The summed E-state index contributed by atoms with van der Waals surface area (Å²) in [5.74, 6) is 2.43. The Hall–Kier alpha value is -2.38. The smallest absolute Gasteiger partial charge is 0.264 e. The minimum Gasteiger partial charge on any atom is -0.492 e. The van der Waals surface area contributed by atoms with Crippen molar-refractivity contribution < 1.29 is 17.9 Å². The first kappa shape index (κ1) is 23.8. The van der Waals surface area contributed by atoms with Crippen molar-refractivity contribution in [1.82, 2.24) is 9.62 Å². The number of amides is 1. The van der Waals surface area contributed by atoms with E-state index >= 15 is 0 Å². The normalized spacial score (nSPS) is 21.5. The van der Waals surface area contributed by atoms with Crippen LogP contribution in [0.25, 0.3) is 0 Å². The summed E-state index contributed by atoms with van der Waals surface area (Å²) in [5.41, 5.74) is 1.81. The summed E-state index contributed by atoms with van der Waals surface area (Å²) in [5, 5.41) is 0. The second-order valence-electron chi connectivity index (χ2n) is 9.24. The maximum atomic E-state index is 12.0. The molecule has 1 amide bonds. The van der Waals surface area contributed by atoms with Crippen molar-refractivity contribution >= 4 is 15.9 Å². The van der Waals surface area contributed by atoms with Crippen molar-refractivity contribution in [3.05, 3.63) is 65.7 Å². The number of likely N-dealkylation sites (tertiary alicyclic amines) is 1. The van der Waals surface area contributed by atoms with Gasteiger partial charge in [-0.15, -0.1) is 0 Å². The van der Waals surface area contributed by atoms with Crippen LogP contribution in [0.1, 0.15) is 54.4 Å². The van der Waals surface area contributed by atoms with Gasteiger partial charge in [0.25, 0.3) is 5.91 Å². The third-order valence-electron chi connectivity index (χ3n) is 6.91. The molecule has 1 aliphatic heterocycles. The van der Waals surface area contributed by atoms with Crippen LogP contribution in [0.3, 0.4) is 0 Å². The van der Waals surface area contributed by atoms with Crippen molar-refractivity contribution in [2.24, 2.45) is 11.8 Å². The number of rotatable bonds is 10. The number of piperidine rings is 1. The summed E-state index contributed by atoms with van der Waals surface area (Å²) >= 11 is 0. The molecular formula is C26H34N2O4S. The van der Waals surface area contributed by atoms with Crippen LogP contribution in [-0.2, 0) is 10.0 Å². The zero-order valence-corrected chi connectivity index (χ0v) is 20.1. The van der Waals surface area contributed by atoms with Crippen molar-refractivity contribution in [3.63, 3.8) is 0 Å². The SMILES string of the molecule is CCS(=O)(=O)NC(=O)c1ccc(OCCN2CCC(C[C@@H]3C[C@H]3c3ccccc3)CC2)cc1. The molecule has 2 aliphatic rings. The van der Waals surface area contributed by atoms with Crippen LogP contribution < -0.4 is 9.46 Å². The van der Waals surface area contributed by atoms with Crippen LogP contribution in [0.15, 0.2) is 54.6 Å². The number of benzene rings is 2. The Morgan fingerprint density at radius 1 is 1.06 bits per heavy atom. The second kappa shape index (κ2) is 10.7. The van der Waals surface area contributed by atoms with Crippen molar-refractivity contribution in [2.45, 2.75) is 38.5 Å². The number of carbonyl (C=O) groups excluding carboxylic acids is 1. The van der Waals surface area contributed by atoms with E-state index in [1.165, 1.54) is 38.2 Å². The Balaban J connectivity index is 1.13. The molecule has 4 rings (SSSR count). The number of nitrogens with zero attached hydrogens (tertiary/aromatic N) is 1. The summed E-state index contributed by atoms with van der Waals surface area (Å²) in [4.78, 5) is 14.5. The predicted octanol–water partition coefficient (Wildman–Crippen LogP) is 4.05. The summed E-state index contributed by atoms with van der Waals surface area (Å²) < 4.78 is 30.9. The van der Waals surface area contributed by atoms with E-state index in [9.17, 15) is 13.2 Å². The van der Waals surface area contributed by atoms with Gasteiger partial charge in [-0.1, -0.05) is 30.3 Å². The molecule has 1 N–H and O–H groups in total. The van der Waals surface area contributed by atoms with Gasteiger partial charge >= 0.3 is 0 Å². The lowest BCUT2D eigenvalue weighted by Crippen LogP contribution is -2.36. The standard InChI is InChI=1S/C26H34N2O4S/c1-2-33(30,31)27-26(29)22-8-10-24(11-9-22)32-17-16-28-14-12-20(13-15-28)18-23-19-25(23)21-6-4-3-5-7-21/h3-11,20,23,25H,2,12-19H2,1H3,(H,27,29)/t23-,25+/m1/s1. The van der Waals surface area contributed by atoms with Crippen LogP contribution in [-0.4, -0.2) is 51.2 Å². The molecule has 1 heterocycles. The molecule has 0 aromatic heterocycles. The van der Waals surface area contributed by atoms with Gasteiger partial charge in [-0.3, -0.25) is 9.69 Å². The van der Waals surface area contributed by atoms with Crippen LogP contribution in [0, 0.1) is 11.8 Å². The molecule has 33 heavy (non-hydrogen) atoms. The average molecular weight is 471 g/mol. The molecule has 1 aliphatic carbocycles. The molecule has 1 saturated heterocycles. The monoisotopic (exact) mass is 470 g/mol. The van der Waals surface area contributed by atoms with Gasteiger partial charge in [-0.05, 0) is 93.3 Å². The number of hydrogen-bond donors (Lipinski definition) is 1. The summed E-state index contributed by atoms with van der Waals surface area (Å²) in [6, 6.07) is 17.5. The third-order valence-corrected chi connectivity index (χ3v) is 8.17. The van der Waals surface area contributed by atoms with E-state index in [-0.39, 0.29) is 5.75 Å². The lowest BCUT2D eigenvalue weighted by Gasteiger charge is -2.32. The summed E-state index contributed by atoms with van der Waals surface area (Å²) in [6.45, 7) is 5.23. The van der Waals surface area contributed by atoms with E-state index in [2.05, 4.69) is 35.2 Å². The van der Waals surface area contributed by atoms with E-state index in [0.29, 0.717) is 17.9 Å². The Kier molecular flexibility index (Phi) is 7.71. The molecule has 0 spiro atoms. The van der Waals surface area contributed by atoms with Gasteiger partial charge in [0.1, 0.15) is 12.4 Å². The Morgan fingerprint density at radius 3 is 2.42 bits per heavy atom. The minimum absolute atomic E-state index is 0.133. The lowest BCUT2D eigenvalue weighted by atomic mass is 9.90. The van der Waals surface area contributed by atoms with Gasteiger partial charge in [0.15, 0.2) is 0 Å². The quantitative estimate of drug-likeness (QED) is 0.567. The maximum absolute atomic E-state index is 12.0. The minimum atomic E-state index is -3.56. The Bertz CT molecular complexity index is 1020. The van der Waals surface area contributed by atoms with Crippen molar-refractivity contribution in [2.75, 3.05) is 32.0 Å². The van der Waals surface area contributed by atoms with Gasteiger partial charge in [0.2, 0.25) is 10.0 Å². The van der Waals surface area contributed by atoms with Crippen LogP contribution in [0.4, 0.5) is 0 Å².